The molecule has 1 saturated carbocycles. The number of halogens is 3. The summed E-state index contributed by atoms with van der Waals surface area (Å²) >= 11 is 1.10. The third-order valence-corrected chi connectivity index (χ3v) is 4.80. The molecule has 0 spiro atoms. The van der Waals surface area contributed by atoms with Crippen molar-refractivity contribution in [1.29, 1.82) is 0 Å². The highest BCUT2D eigenvalue weighted by Crippen LogP contribution is 2.32. The molecule has 0 N–H and O–H groups in total. The number of thiazole rings is 1. The van der Waals surface area contributed by atoms with Crippen molar-refractivity contribution < 1.29 is 18.0 Å². The van der Waals surface area contributed by atoms with Crippen molar-refractivity contribution in [3.05, 3.63) is 35.6 Å². The molecule has 2 aromatic heterocycles. The summed E-state index contributed by atoms with van der Waals surface area (Å²) in [6.45, 7) is -1.21. The van der Waals surface area contributed by atoms with E-state index in [1.807, 2.05) is 0 Å². The van der Waals surface area contributed by atoms with Crippen molar-refractivity contribution in [3.63, 3.8) is 0 Å². The fourth-order valence-corrected chi connectivity index (χ4v) is 3.28. The van der Waals surface area contributed by atoms with Gasteiger partial charge < -0.3 is 4.90 Å². The maximum atomic E-state index is 12.8. The first-order valence-corrected chi connectivity index (χ1v) is 7.99. The second-order valence-electron chi connectivity index (χ2n) is 5.40. The number of aromatic nitrogens is 2. The zero-order valence-electron chi connectivity index (χ0n) is 12.1. The van der Waals surface area contributed by atoms with Crippen molar-refractivity contribution in [2.24, 2.45) is 0 Å². The highest BCUT2D eigenvalue weighted by molar-refractivity contribution is 7.16. The minimum atomic E-state index is -4.40. The van der Waals surface area contributed by atoms with Crippen LogP contribution >= 0.6 is 11.3 Å². The van der Waals surface area contributed by atoms with Crippen molar-refractivity contribution in [2.45, 2.75) is 31.5 Å². The summed E-state index contributed by atoms with van der Waals surface area (Å²) < 4.78 is 38.3. The number of nitrogens with zero attached hydrogens (tertiary/aromatic N) is 3. The van der Waals surface area contributed by atoms with Gasteiger partial charge in [0.25, 0.3) is 5.91 Å². The molecule has 0 radical (unpaired) electrons. The molecule has 3 rings (SSSR count). The molecule has 0 unspecified atom stereocenters. The molecule has 1 aliphatic rings. The average Bonchev–Trinajstić information content (AvgIpc) is 2.93. The summed E-state index contributed by atoms with van der Waals surface area (Å²) in [7, 11) is 0. The van der Waals surface area contributed by atoms with Gasteiger partial charge in [-0.15, -0.1) is 11.3 Å². The van der Waals surface area contributed by atoms with Gasteiger partial charge in [-0.25, -0.2) is 4.98 Å². The van der Waals surface area contributed by atoms with Crippen LogP contribution in [0.4, 0.5) is 13.2 Å². The van der Waals surface area contributed by atoms with Crippen LogP contribution < -0.4 is 0 Å². The first kappa shape index (κ1) is 15.9. The Morgan fingerprint density at radius 1 is 1.30 bits per heavy atom. The lowest BCUT2D eigenvalue weighted by molar-refractivity contribution is -0.147. The number of pyridine rings is 1. The topological polar surface area (TPSA) is 46.1 Å². The van der Waals surface area contributed by atoms with E-state index in [0.717, 1.165) is 28.2 Å². The number of hydrogen-bond acceptors (Lipinski definition) is 4. The van der Waals surface area contributed by atoms with Crippen LogP contribution in [-0.4, -0.2) is 39.5 Å². The molecule has 1 fully saturated rings. The maximum Gasteiger partial charge on any atom is 0.406 e. The molecule has 0 aliphatic heterocycles. The molecule has 0 aromatic carbocycles. The lowest BCUT2D eigenvalue weighted by Crippen LogP contribution is -2.48. The standard InChI is InChI=1S/C15H14F3N3OS/c16-15(17,18)9-21(11-2-1-3-11)14(22)12-8-20-13(23-12)10-4-6-19-7-5-10/h4-8,11H,1-3,9H2. The molecule has 8 heteroatoms. The minimum Gasteiger partial charge on any atom is -0.326 e. The Labute approximate surface area is 135 Å². The Balaban J connectivity index is 1.81. The molecule has 122 valence electrons. The first-order valence-electron chi connectivity index (χ1n) is 7.18. The quantitative estimate of drug-likeness (QED) is 0.851. The molecule has 1 aliphatic carbocycles. The highest BCUT2D eigenvalue weighted by Gasteiger charge is 2.39. The van der Waals surface area contributed by atoms with Gasteiger partial charge in [-0.3, -0.25) is 9.78 Å². The van der Waals surface area contributed by atoms with Crippen LogP contribution in [0, 0.1) is 0 Å². The molecule has 2 heterocycles. The fourth-order valence-electron chi connectivity index (χ4n) is 2.40. The summed E-state index contributed by atoms with van der Waals surface area (Å²) in [6.07, 6.45) is 2.26. The summed E-state index contributed by atoms with van der Waals surface area (Å²) in [4.78, 5) is 21.7. The molecule has 4 nitrogen and oxygen atoms in total. The monoisotopic (exact) mass is 341 g/mol. The van der Waals surface area contributed by atoms with Gasteiger partial charge in [-0.1, -0.05) is 0 Å². The lowest BCUT2D eigenvalue weighted by Gasteiger charge is -2.37. The first-order chi connectivity index (χ1) is 10.9. The number of carbonyl (C=O) groups excluding carboxylic acids is 1. The Kier molecular flexibility index (Phi) is 4.34. The van der Waals surface area contributed by atoms with Crippen LogP contribution in [0.25, 0.3) is 10.6 Å². The van der Waals surface area contributed by atoms with E-state index in [1.165, 1.54) is 6.20 Å². The molecule has 1 amide bonds. The number of amides is 1. The van der Waals surface area contributed by atoms with Crippen molar-refractivity contribution in [3.8, 4) is 10.6 Å². The van der Waals surface area contributed by atoms with Gasteiger partial charge in [0, 0.05) is 24.0 Å². The summed E-state index contributed by atoms with van der Waals surface area (Å²) in [5.41, 5.74) is 0.787. The lowest BCUT2D eigenvalue weighted by atomic mass is 9.91. The van der Waals surface area contributed by atoms with E-state index in [4.69, 9.17) is 0 Å². The van der Waals surface area contributed by atoms with Gasteiger partial charge in [0.2, 0.25) is 0 Å². The Bertz CT molecular complexity index is 683. The third kappa shape index (κ3) is 3.69. The molecular weight excluding hydrogens is 327 g/mol. The number of carbonyl (C=O) groups is 1. The highest BCUT2D eigenvalue weighted by atomic mass is 32.1. The van der Waals surface area contributed by atoms with E-state index in [0.29, 0.717) is 17.8 Å². The van der Waals surface area contributed by atoms with Gasteiger partial charge in [0.05, 0.1) is 6.20 Å². The molecular formula is C15H14F3N3OS. The van der Waals surface area contributed by atoms with E-state index >= 15 is 0 Å². The van der Waals surface area contributed by atoms with Crippen LogP contribution in [0.3, 0.4) is 0 Å². The van der Waals surface area contributed by atoms with Gasteiger partial charge in [-0.05, 0) is 31.4 Å². The molecule has 0 saturated heterocycles. The van der Waals surface area contributed by atoms with Gasteiger partial charge in [0.15, 0.2) is 0 Å². The van der Waals surface area contributed by atoms with Crippen molar-refractivity contribution in [2.75, 3.05) is 6.54 Å². The number of hydrogen-bond donors (Lipinski definition) is 0. The summed E-state index contributed by atoms with van der Waals surface area (Å²) in [6, 6.07) is 3.16. The zero-order chi connectivity index (χ0) is 16.4. The fraction of sp³-hybridized carbons (Fsp3) is 0.400. The predicted octanol–water partition coefficient (Wildman–Crippen LogP) is 3.76. The van der Waals surface area contributed by atoms with E-state index in [2.05, 4.69) is 9.97 Å². The maximum absolute atomic E-state index is 12.8. The summed E-state index contributed by atoms with van der Waals surface area (Å²) in [5.74, 6) is -0.593. The largest absolute Gasteiger partial charge is 0.406 e. The van der Waals surface area contributed by atoms with Crippen LogP contribution in [0.2, 0.25) is 0 Å². The van der Waals surface area contributed by atoms with Crippen molar-refractivity contribution in [1.82, 2.24) is 14.9 Å². The minimum absolute atomic E-state index is 0.230. The Hall–Kier alpha value is -1.96. The number of rotatable bonds is 4. The van der Waals surface area contributed by atoms with Gasteiger partial charge >= 0.3 is 6.18 Å². The normalized spacial score (nSPS) is 15.3. The summed E-state index contributed by atoms with van der Waals surface area (Å²) in [5, 5.41) is 0.594. The van der Waals surface area contributed by atoms with Crippen LogP contribution in [-0.2, 0) is 0 Å². The third-order valence-electron chi connectivity index (χ3n) is 3.77. The molecule has 0 bridgehead atoms. The Morgan fingerprint density at radius 3 is 2.57 bits per heavy atom. The van der Waals surface area contributed by atoms with Gasteiger partial charge in [0.1, 0.15) is 16.4 Å². The van der Waals surface area contributed by atoms with Gasteiger partial charge in [-0.2, -0.15) is 13.2 Å². The molecule has 0 atom stereocenters. The Morgan fingerprint density at radius 2 is 2.00 bits per heavy atom. The smallest absolute Gasteiger partial charge is 0.326 e. The second kappa shape index (κ2) is 6.27. The number of alkyl halides is 3. The van der Waals surface area contributed by atoms with E-state index in [1.54, 1.807) is 24.5 Å². The molecule has 2 aromatic rings. The van der Waals surface area contributed by atoms with E-state index in [-0.39, 0.29) is 10.9 Å². The SMILES string of the molecule is O=C(c1cnc(-c2ccncc2)s1)N(CC(F)(F)F)C1CCC1. The van der Waals surface area contributed by atoms with Crippen molar-refractivity contribution >= 4 is 17.2 Å². The van der Waals surface area contributed by atoms with Crippen LogP contribution in [0.15, 0.2) is 30.7 Å². The van der Waals surface area contributed by atoms with E-state index < -0.39 is 18.6 Å². The van der Waals surface area contributed by atoms with E-state index in [9.17, 15) is 18.0 Å². The van der Waals surface area contributed by atoms with Crippen LogP contribution in [0.5, 0.6) is 0 Å². The second-order valence-corrected chi connectivity index (χ2v) is 6.43. The zero-order valence-corrected chi connectivity index (χ0v) is 12.9. The van der Waals surface area contributed by atoms with Crippen LogP contribution in [0.1, 0.15) is 28.9 Å². The molecule has 23 heavy (non-hydrogen) atoms. The average molecular weight is 341 g/mol. The predicted molar refractivity (Wildman–Crippen MR) is 80.1 cm³/mol.